The maximum atomic E-state index is 12.1. The summed E-state index contributed by atoms with van der Waals surface area (Å²) >= 11 is 4.90. The predicted octanol–water partition coefficient (Wildman–Crippen LogP) is 5.97. The van der Waals surface area contributed by atoms with Gasteiger partial charge in [-0.25, -0.2) is 0 Å². The molecule has 25 heavy (non-hydrogen) atoms. The summed E-state index contributed by atoms with van der Waals surface area (Å²) in [6, 6.07) is 24.8. The molecule has 3 nitrogen and oxygen atoms in total. The normalized spacial score (nSPS) is 10.3. The highest BCUT2D eigenvalue weighted by Crippen LogP contribution is 2.23. The molecule has 5 heteroatoms. The molecule has 0 saturated heterocycles. The number of amides is 1. The molecule has 3 aromatic carbocycles. The van der Waals surface area contributed by atoms with Crippen LogP contribution in [0.25, 0.3) is 0 Å². The lowest BCUT2D eigenvalue weighted by molar-refractivity contribution is -0.113. The van der Waals surface area contributed by atoms with Crippen molar-refractivity contribution < 1.29 is 9.53 Å². The molecular formula is C20H16BrNO2S. The van der Waals surface area contributed by atoms with Gasteiger partial charge in [0.2, 0.25) is 5.91 Å². The van der Waals surface area contributed by atoms with Gasteiger partial charge in [0.1, 0.15) is 11.5 Å². The number of hydrogen-bond donors (Lipinski definition) is 1. The molecule has 0 atom stereocenters. The van der Waals surface area contributed by atoms with E-state index in [4.69, 9.17) is 4.74 Å². The highest BCUT2D eigenvalue weighted by Gasteiger charge is 2.04. The molecule has 0 aromatic heterocycles. The van der Waals surface area contributed by atoms with Crippen molar-refractivity contribution in [1.29, 1.82) is 0 Å². The van der Waals surface area contributed by atoms with Crippen LogP contribution >= 0.6 is 27.7 Å². The Kier molecular flexibility index (Phi) is 6.14. The molecule has 0 spiro atoms. The number of halogens is 1. The summed E-state index contributed by atoms with van der Waals surface area (Å²) in [5.41, 5.74) is 0.752. The van der Waals surface area contributed by atoms with Crippen LogP contribution in [0.4, 0.5) is 5.69 Å². The topological polar surface area (TPSA) is 38.3 Å². The molecular weight excluding hydrogens is 398 g/mol. The minimum atomic E-state index is -0.0374. The van der Waals surface area contributed by atoms with Crippen molar-refractivity contribution in [3.05, 3.63) is 83.3 Å². The molecule has 0 unspecified atom stereocenters. The number of carbonyl (C=O) groups excluding carboxylic acids is 1. The third-order valence-corrected chi connectivity index (χ3v) is 4.84. The molecule has 0 aliphatic carbocycles. The van der Waals surface area contributed by atoms with Gasteiger partial charge in [-0.15, -0.1) is 11.8 Å². The van der Waals surface area contributed by atoms with Crippen molar-refractivity contribution in [2.75, 3.05) is 11.1 Å². The lowest BCUT2D eigenvalue weighted by Crippen LogP contribution is -2.13. The SMILES string of the molecule is O=C(CSc1ccc(Br)cc1)Nc1ccc(Oc2ccccc2)cc1. The molecule has 126 valence electrons. The fourth-order valence-electron chi connectivity index (χ4n) is 2.11. The molecule has 1 N–H and O–H groups in total. The Morgan fingerprint density at radius 1 is 0.880 bits per heavy atom. The monoisotopic (exact) mass is 413 g/mol. The summed E-state index contributed by atoms with van der Waals surface area (Å²) in [5.74, 6) is 1.84. The Hall–Kier alpha value is -2.24. The van der Waals surface area contributed by atoms with E-state index in [9.17, 15) is 4.79 Å². The lowest BCUT2D eigenvalue weighted by atomic mass is 10.3. The largest absolute Gasteiger partial charge is 0.457 e. The van der Waals surface area contributed by atoms with Crippen LogP contribution in [0.2, 0.25) is 0 Å². The predicted molar refractivity (Wildman–Crippen MR) is 106 cm³/mol. The summed E-state index contributed by atoms with van der Waals surface area (Å²) in [5, 5.41) is 2.89. The van der Waals surface area contributed by atoms with Crippen molar-refractivity contribution in [3.63, 3.8) is 0 Å². The Morgan fingerprint density at radius 3 is 2.20 bits per heavy atom. The molecule has 0 fully saturated rings. The molecule has 0 bridgehead atoms. The molecule has 0 aliphatic rings. The highest BCUT2D eigenvalue weighted by molar-refractivity contribution is 9.10. The van der Waals surface area contributed by atoms with Crippen molar-refractivity contribution in [1.82, 2.24) is 0 Å². The fraction of sp³-hybridized carbons (Fsp3) is 0.0500. The Labute approximate surface area is 159 Å². The van der Waals surface area contributed by atoms with Gasteiger partial charge in [-0.05, 0) is 60.7 Å². The Bertz CT molecular complexity index is 821. The maximum absolute atomic E-state index is 12.1. The number of benzene rings is 3. The summed E-state index contributed by atoms with van der Waals surface area (Å²) in [6.07, 6.45) is 0. The van der Waals surface area contributed by atoms with Crippen LogP contribution in [0.1, 0.15) is 0 Å². The van der Waals surface area contributed by atoms with Crippen LogP contribution < -0.4 is 10.1 Å². The molecule has 0 aliphatic heterocycles. The van der Waals surface area contributed by atoms with E-state index in [0.717, 1.165) is 26.6 Å². The van der Waals surface area contributed by atoms with Crippen molar-refractivity contribution >= 4 is 39.3 Å². The van der Waals surface area contributed by atoms with Crippen LogP contribution in [0.5, 0.6) is 11.5 Å². The first kappa shape index (κ1) is 17.6. The molecule has 3 rings (SSSR count). The molecule has 3 aromatic rings. The quantitative estimate of drug-likeness (QED) is 0.505. The molecule has 0 heterocycles. The number of anilines is 1. The summed E-state index contributed by atoms with van der Waals surface area (Å²) < 4.78 is 6.76. The van der Waals surface area contributed by atoms with Crippen LogP contribution in [0, 0.1) is 0 Å². The first-order valence-electron chi connectivity index (χ1n) is 7.70. The molecule has 1 amide bonds. The second-order valence-corrected chi connectivity index (χ2v) is 7.19. The van der Waals surface area contributed by atoms with Gasteiger partial charge in [-0.2, -0.15) is 0 Å². The van der Waals surface area contributed by atoms with Gasteiger partial charge in [-0.3, -0.25) is 4.79 Å². The van der Waals surface area contributed by atoms with E-state index in [1.54, 1.807) is 0 Å². The third-order valence-electron chi connectivity index (χ3n) is 3.30. The number of rotatable bonds is 6. The van der Waals surface area contributed by atoms with Crippen LogP contribution in [-0.2, 0) is 4.79 Å². The average Bonchev–Trinajstić information content (AvgIpc) is 2.64. The summed E-state index contributed by atoms with van der Waals surface area (Å²) in [7, 11) is 0. The number of para-hydroxylation sites is 1. The van der Waals surface area contributed by atoms with E-state index >= 15 is 0 Å². The number of carbonyl (C=O) groups is 1. The van der Waals surface area contributed by atoms with Crippen LogP contribution in [0.3, 0.4) is 0 Å². The van der Waals surface area contributed by atoms with Gasteiger partial charge >= 0.3 is 0 Å². The number of hydrogen-bond acceptors (Lipinski definition) is 3. The first-order chi connectivity index (χ1) is 12.2. The number of nitrogens with one attached hydrogen (secondary N) is 1. The van der Waals surface area contributed by atoms with Gasteiger partial charge in [0.05, 0.1) is 5.75 Å². The van der Waals surface area contributed by atoms with E-state index < -0.39 is 0 Å². The lowest BCUT2D eigenvalue weighted by Gasteiger charge is -2.08. The van der Waals surface area contributed by atoms with Gasteiger partial charge in [0.25, 0.3) is 0 Å². The van der Waals surface area contributed by atoms with Gasteiger partial charge < -0.3 is 10.1 Å². The zero-order valence-corrected chi connectivity index (χ0v) is 15.7. The van der Waals surface area contributed by atoms with E-state index in [-0.39, 0.29) is 5.91 Å². The van der Waals surface area contributed by atoms with Crippen molar-refractivity contribution in [3.8, 4) is 11.5 Å². The second kappa shape index (κ2) is 8.74. The summed E-state index contributed by atoms with van der Waals surface area (Å²) in [4.78, 5) is 13.1. The van der Waals surface area contributed by atoms with Crippen LogP contribution in [0.15, 0.2) is 88.2 Å². The molecule has 0 saturated carbocycles. The van der Waals surface area contributed by atoms with Crippen molar-refractivity contribution in [2.24, 2.45) is 0 Å². The minimum absolute atomic E-state index is 0.0374. The maximum Gasteiger partial charge on any atom is 0.234 e. The van der Waals surface area contributed by atoms with Crippen LogP contribution in [-0.4, -0.2) is 11.7 Å². The van der Waals surface area contributed by atoms with Crippen molar-refractivity contribution in [2.45, 2.75) is 4.90 Å². The zero-order chi connectivity index (χ0) is 17.5. The average molecular weight is 414 g/mol. The van der Waals surface area contributed by atoms with E-state index in [2.05, 4.69) is 21.2 Å². The fourth-order valence-corrected chi connectivity index (χ4v) is 3.07. The van der Waals surface area contributed by atoms with Gasteiger partial charge in [0, 0.05) is 15.1 Å². The zero-order valence-electron chi connectivity index (χ0n) is 13.3. The number of ether oxygens (including phenoxy) is 1. The van der Waals surface area contributed by atoms with E-state index in [1.807, 2.05) is 78.9 Å². The summed E-state index contributed by atoms with van der Waals surface area (Å²) in [6.45, 7) is 0. The third kappa shape index (κ3) is 5.66. The molecule has 0 radical (unpaired) electrons. The van der Waals surface area contributed by atoms with Gasteiger partial charge in [-0.1, -0.05) is 34.1 Å². The standard InChI is InChI=1S/C20H16BrNO2S/c21-15-6-12-19(13-7-15)25-14-20(23)22-16-8-10-18(11-9-16)24-17-4-2-1-3-5-17/h1-13H,14H2,(H,22,23). The van der Waals surface area contributed by atoms with Gasteiger partial charge in [0.15, 0.2) is 0 Å². The first-order valence-corrected chi connectivity index (χ1v) is 9.48. The highest BCUT2D eigenvalue weighted by atomic mass is 79.9. The number of thioether (sulfide) groups is 1. The smallest absolute Gasteiger partial charge is 0.234 e. The Balaban J connectivity index is 1.50. The van der Waals surface area contributed by atoms with E-state index in [1.165, 1.54) is 11.8 Å². The Morgan fingerprint density at radius 2 is 1.52 bits per heavy atom. The second-order valence-electron chi connectivity index (χ2n) is 5.23. The minimum Gasteiger partial charge on any atom is -0.457 e. The van der Waals surface area contributed by atoms with E-state index in [0.29, 0.717) is 5.75 Å².